The lowest BCUT2D eigenvalue weighted by molar-refractivity contribution is -0.119. The van der Waals surface area contributed by atoms with Crippen LogP contribution in [0.2, 0.25) is 0 Å². The van der Waals surface area contributed by atoms with Gasteiger partial charge in [-0.25, -0.2) is 18.4 Å². The number of ether oxygens (including phenoxy) is 1. The molecule has 0 atom stereocenters. The van der Waals surface area contributed by atoms with Crippen LogP contribution in [0.5, 0.6) is 0 Å². The third-order valence-electron chi connectivity index (χ3n) is 3.06. The van der Waals surface area contributed by atoms with E-state index in [0.29, 0.717) is 11.3 Å². The Morgan fingerprint density at radius 2 is 1.83 bits per heavy atom. The van der Waals surface area contributed by atoms with Crippen molar-refractivity contribution in [2.24, 2.45) is 5.14 Å². The fourth-order valence-electron chi connectivity index (χ4n) is 1.97. The molecule has 0 bridgehead atoms. The van der Waals surface area contributed by atoms with Crippen LogP contribution < -0.4 is 10.5 Å². The summed E-state index contributed by atoms with van der Waals surface area (Å²) in [5, 5.41) is 7.48. The molecule has 0 aliphatic heterocycles. The van der Waals surface area contributed by atoms with Crippen LogP contribution >= 0.6 is 11.3 Å². The second-order valence-electron chi connectivity index (χ2n) is 5.02. The van der Waals surface area contributed by atoms with Crippen molar-refractivity contribution in [3.05, 3.63) is 45.6 Å². The minimum Gasteiger partial charge on any atom is -0.452 e. The standard InChI is InChI=1S/C15H16N2O5S2/c1-9-7-13(10(2)23-9)15(19)22-8-14(18)17-11-3-5-12(6-4-11)24(16,20)21/h3-7H,8H2,1-2H3,(H,17,18)(H2,16,20,21). The van der Waals surface area contributed by atoms with E-state index in [-0.39, 0.29) is 4.90 Å². The van der Waals surface area contributed by atoms with Crippen molar-refractivity contribution in [2.45, 2.75) is 18.7 Å². The van der Waals surface area contributed by atoms with Crippen LogP contribution in [0.4, 0.5) is 5.69 Å². The highest BCUT2D eigenvalue weighted by molar-refractivity contribution is 7.89. The summed E-state index contributed by atoms with van der Waals surface area (Å²) in [7, 11) is -3.78. The lowest BCUT2D eigenvalue weighted by Crippen LogP contribution is -2.21. The molecule has 0 aliphatic carbocycles. The number of hydrogen-bond acceptors (Lipinski definition) is 6. The van der Waals surface area contributed by atoms with Crippen molar-refractivity contribution in [1.82, 2.24) is 0 Å². The van der Waals surface area contributed by atoms with Crippen molar-refractivity contribution in [3.8, 4) is 0 Å². The van der Waals surface area contributed by atoms with Gasteiger partial charge in [-0.3, -0.25) is 4.79 Å². The summed E-state index contributed by atoms with van der Waals surface area (Å²) in [6.45, 7) is 3.25. The number of primary sulfonamides is 1. The number of benzene rings is 1. The first-order valence-corrected chi connectivity index (χ1v) is 9.20. The van der Waals surface area contributed by atoms with Crippen LogP contribution in [0.1, 0.15) is 20.1 Å². The zero-order chi connectivity index (χ0) is 17.9. The van der Waals surface area contributed by atoms with Gasteiger partial charge < -0.3 is 10.1 Å². The number of rotatable bonds is 5. The van der Waals surface area contributed by atoms with E-state index < -0.39 is 28.5 Å². The minimum absolute atomic E-state index is 0.0600. The maximum absolute atomic E-state index is 11.9. The number of nitrogens with two attached hydrogens (primary N) is 1. The third kappa shape index (κ3) is 4.63. The molecule has 3 N–H and O–H groups in total. The van der Waals surface area contributed by atoms with Crippen molar-refractivity contribution >= 4 is 38.9 Å². The van der Waals surface area contributed by atoms with E-state index in [1.54, 1.807) is 13.0 Å². The van der Waals surface area contributed by atoms with Gasteiger partial charge in [0.15, 0.2) is 6.61 Å². The van der Waals surface area contributed by atoms with E-state index >= 15 is 0 Å². The number of carbonyl (C=O) groups excluding carboxylic acids is 2. The van der Waals surface area contributed by atoms with E-state index in [1.165, 1.54) is 35.6 Å². The SMILES string of the molecule is Cc1cc(C(=O)OCC(=O)Nc2ccc(S(N)(=O)=O)cc2)c(C)s1. The lowest BCUT2D eigenvalue weighted by atomic mass is 10.2. The second kappa shape index (κ2) is 7.12. The summed E-state index contributed by atoms with van der Waals surface area (Å²) in [6, 6.07) is 7.05. The Morgan fingerprint density at radius 1 is 1.21 bits per heavy atom. The summed E-state index contributed by atoms with van der Waals surface area (Å²) in [5.74, 6) is -1.09. The number of sulfonamides is 1. The highest BCUT2D eigenvalue weighted by Crippen LogP contribution is 2.21. The predicted octanol–water partition coefficient (Wildman–Crippen LogP) is 1.81. The fourth-order valence-corrected chi connectivity index (χ4v) is 3.39. The maximum atomic E-state index is 11.9. The molecule has 0 saturated carbocycles. The molecule has 1 aromatic heterocycles. The molecule has 2 aromatic rings. The van der Waals surface area contributed by atoms with Crippen LogP contribution in [0, 0.1) is 13.8 Å². The van der Waals surface area contributed by atoms with Crippen LogP contribution in [-0.2, 0) is 19.6 Å². The number of amides is 1. The minimum atomic E-state index is -3.78. The molecule has 0 radical (unpaired) electrons. The topological polar surface area (TPSA) is 116 Å². The average Bonchev–Trinajstić information content (AvgIpc) is 2.83. The van der Waals surface area contributed by atoms with E-state index in [4.69, 9.17) is 9.88 Å². The quantitative estimate of drug-likeness (QED) is 0.781. The molecule has 0 spiro atoms. The van der Waals surface area contributed by atoms with Gasteiger partial charge in [0.2, 0.25) is 10.0 Å². The largest absolute Gasteiger partial charge is 0.452 e. The maximum Gasteiger partial charge on any atom is 0.339 e. The monoisotopic (exact) mass is 368 g/mol. The van der Waals surface area contributed by atoms with Gasteiger partial charge in [0.05, 0.1) is 10.5 Å². The summed E-state index contributed by atoms with van der Waals surface area (Å²) in [4.78, 5) is 25.5. The molecule has 0 saturated heterocycles. The van der Waals surface area contributed by atoms with Gasteiger partial charge in [-0.1, -0.05) is 0 Å². The average molecular weight is 368 g/mol. The first kappa shape index (κ1) is 18.1. The Morgan fingerprint density at radius 3 is 2.33 bits per heavy atom. The Labute approximate surface area is 143 Å². The summed E-state index contributed by atoms with van der Waals surface area (Å²) in [6.07, 6.45) is 0. The van der Waals surface area contributed by atoms with E-state index in [1.807, 2.05) is 6.92 Å². The second-order valence-corrected chi connectivity index (χ2v) is 8.04. The van der Waals surface area contributed by atoms with Gasteiger partial charge >= 0.3 is 5.97 Å². The molecule has 7 nitrogen and oxygen atoms in total. The highest BCUT2D eigenvalue weighted by Gasteiger charge is 2.15. The Balaban J connectivity index is 1.91. The molecule has 9 heteroatoms. The highest BCUT2D eigenvalue weighted by atomic mass is 32.2. The number of hydrogen-bond donors (Lipinski definition) is 2. The van der Waals surface area contributed by atoms with E-state index in [0.717, 1.165) is 9.75 Å². The third-order valence-corrected chi connectivity index (χ3v) is 4.96. The molecule has 128 valence electrons. The Bertz CT molecular complexity index is 870. The Hall–Kier alpha value is -2.23. The van der Waals surface area contributed by atoms with Crippen LogP contribution in [0.25, 0.3) is 0 Å². The zero-order valence-electron chi connectivity index (χ0n) is 13.0. The van der Waals surface area contributed by atoms with Crippen LogP contribution in [-0.4, -0.2) is 26.9 Å². The zero-order valence-corrected chi connectivity index (χ0v) is 14.7. The van der Waals surface area contributed by atoms with Crippen molar-refractivity contribution in [1.29, 1.82) is 0 Å². The lowest BCUT2D eigenvalue weighted by Gasteiger charge is -2.07. The smallest absolute Gasteiger partial charge is 0.339 e. The number of esters is 1. The van der Waals surface area contributed by atoms with Gasteiger partial charge in [0.1, 0.15) is 0 Å². The van der Waals surface area contributed by atoms with E-state index in [2.05, 4.69) is 5.32 Å². The van der Waals surface area contributed by atoms with Gasteiger partial charge in [0, 0.05) is 15.4 Å². The molecule has 24 heavy (non-hydrogen) atoms. The molecule has 0 unspecified atom stereocenters. The first-order chi connectivity index (χ1) is 11.2. The molecular formula is C15H16N2O5S2. The Kier molecular flexibility index (Phi) is 5.37. The van der Waals surface area contributed by atoms with E-state index in [9.17, 15) is 18.0 Å². The van der Waals surface area contributed by atoms with Crippen molar-refractivity contribution < 1.29 is 22.7 Å². The van der Waals surface area contributed by atoms with Gasteiger partial charge in [0.25, 0.3) is 5.91 Å². The fraction of sp³-hybridized carbons (Fsp3) is 0.200. The molecule has 0 aliphatic rings. The number of carbonyl (C=O) groups is 2. The summed E-state index contributed by atoms with van der Waals surface area (Å²) < 4.78 is 27.3. The molecule has 1 amide bonds. The number of thiophene rings is 1. The normalized spacial score (nSPS) is 11.1. The molecule has 2 rings (SSSR count). The van der Waals surface area contributed by atoms with Crippen molar-refractivity contribution in [3.63, 3.8) is 0 Å². The summed E-state index contributed by atoms with van der Waals surface area (Å²) >= 11 is 1.48. The van der Waals surface area contributed by atoms with Gasteiger partial charge in [-0.15, -0.1) is 11.3 Å². The first-order valence-electron chi connectivity index (χ1n) is 6.83. The molecular weight excluding hydrogens is 352 g/mol. The molecule has 0 fully saturated rings. The van der Waals surface area contributed by atoms with Gasteiger partial charge in [-0.2, -0.15) is 0 Å². The summed E-state index contributed by atoms with van der Waals surface area (Å²) in [5.41, 5.74) is 0.814. The van der Waals surface area contributed by atoms with Crippen LogP contribution in [0.15, 0.2) is 35.2 Å². The molecule has 1 heterocycles. The number of anilines is 1. The number of nitrogens with one attached hydrogen (secondary N) is 1. The van der Waals surface area contributed by atoms with Crippen LogP contribution in [0.3, 0.4) is 0 Å². The van der Waals surface area contributed by atoms with Gasteiger partial charge in [-0.05, 0) is 44.2 Å². The van der Waals surface area contributed by atoms with Crippen molar-refractivity contribution in [2.75, 3.05) is 11.9 Å². The molecule has 1 aromatic carbocycles. The predicted molar refractivity (Wildman–Crippen MR) is 90.5 cm³/mol. The number of aryl methyl sites for hydroxylation is 2.